The van der Waals surface area contributed by atoms with Crippen LogP contribution in [0.2, 0.25) is 0 Å². The van der Waals surface area contributed by atoms with Gasteiger partial charge < -0.3 is 14.6 Å². The van der Waals surface area contributed by atoms with E-state index in [1.165, 1.54) is 16.5 Å². The second-order valence-electron chi connectivity index (χ2n) is 6.00. The van der Waals surface area contributed by atoms with Gasteiger partial charge in [-0.15, -0.1) is 0 Å². The molecule has 116 valence electrons. The number of hydrogen-bond donors (Lipinski definition) is 1. The first-order valence-corrected chi connectivity index (χ1v) is 8.07. The molecule has 1 N–H and O–H groups in total. The molecule has 0 amide bonds. The van der Waals surface area contributed by atoms with E-state index in [4.69, 9.17) is 4.74 Å². The van der Waals surface area contributed by atoms with Crippen molar-refractivity contribution >= 4 is 10.9 Å². The standard InChI is InChI=1S/C18H28N2O/c1-4-11-21-12-10-20-9-8-16-6-5-7-17(18(16)20)14-19-13-15(2)3/h5-9,15,19H,4,10-14H2,1-3H3. The number of aromatic nitrogens is 1. The molecule has 2 aromatic rings. The number of ether oxygens (including phenoxy) is 1. The van der Waals surface area contributed by atoms with Crippen LogP contribution in [-0.2, 0) is 17.8 Å². The molecule has 0 spiro atoms. The molecule has 3 nitrogen and oxygen atoms in total. The van der Waals surface area contributed by atoms with Crippen molar-refractivity contribution in [2.75, 3.05) is 19.8 Å². The third kappa shape index (κ3) is 4.58. The molecule has 1 aromatic heterocycles. The summed E-state index contributed by atoms with van der Waals surface area (Å²) in [6.45, 7) is 11.1. The number of hydrogen-bond acceptors (Lipinski definition) is 2. The van der Waals surface area contributed by atoms with Crippen LogP contribution in [0.3, 0.4) is 0 Å². The van der Waals surface area contributed by atoms with Crippen molar-refractivity contribution in [3.63, 3.8) is 0 Å². The van der Waals surface area contributed by atoms with Gasteiger partial charge in [-0.1, -0.05) is 39.0 Å². The third-order valence-corrected chi connectivity index (χ3v) is 3.57. The van der Waals surface area contributed by atoms with Gasteiger partial charge in [0.1, 0.15) is 0 Å². The maximum atomic E-state index is 5.62. The minimum absolute atomic E-state index is 0.679. The molecule has 21 heavy (non-hydrogen) atoms. The number of nitrogens with zero attached hydrogens (tertiary/aromatic N) is 1. The predicted molar refractivity (Wildman–Crippen MR) is 89.6 cm³/mol. The van der Waals surface area contributed by atoms with Gasteiger partial charge in [-0.2, -0.15) is 0 Å². The zero-order valence-corrected chi connectivity index (χ0v) is 13.6. The Kier molecular flexibility index (Phi) is 6.27. The minimum atomic E-state index is 0.679. The largest absolute Gasteiger partial charge is 0.380 e. The third-order valence-electron chi connectivity index (χ3n) is 3.57. The second kappa shape index (κ2) is 8.20. The highest BCUT2D eigenvalue weighted by molar-refractivity contribution is 5.83. The fourth-order valence-electron chi connectivity index (χ4n) is 2.57. The zero-order valence-electron chi connectivity index (χ0n) is 13.6. The fourth-order valence-corrected chi connectivity index (χ4v) is 2.57. The summed E-state index contributed by atoms with van der Waals surface area (Å²) in [6, 6.07) is 8.75. The molecule has 1 heterocycles. The predicted octanol–water partition coefficient (Wildman–Crippen LogP) is 3.81. The molecule has 0 atom stereocenters. The second-order valence-corrected chi connectivity index (χ2v) is 6.00. The average molecular weight is 288 g/mol. The van der Waals surface area contributed by atoms with E-state index >= 15 is 0 Å². The van der Waals surface area contributed by atoms with Gasteiger partial charge in [-0.05, 0) is 35.9 Å². The van der Waals surface area contributed by atoms with Crippen LogP contribution in [0, 0.1) is 5.92 Å². The molecule has 3 heteroatoms. The molecule has 0 bridgehead atoms. The number of para-hydroxylation sites is 1. The first-order chi connectivity index (χ1) is 10.2. The van der Waals surface area contributed by atoms with Gasteiger partial charge in [0.05, 0.1) is 12.1 Å². The summed E-state index contributed by atoms with van der Waals surface area (Å²) in [7, 11) is 0. The number of rotatable bonds is 9. The lowest BCUT2D eigenvalue weighted by Crippen LogP contribution is -2.19. The van der Waals surface area contributed by atoms with Crippen molar-refractivity contribution in [2.45, 2.75) is 40.3 Å². The van der Waals surface area contributed by atoms with Crippen molar-refractivity contribution in [1.29, 1.82) is 0 Å². The van der Waals surface area contributed by atoms with E-state index in [-0.39, 0.29) is 0 Å². The highest BCUT2D eigenvalue weighted by atomic mass is 16.5. The molecule has 0 saturated carbocycles. The van der Waals surface area contributed by atoms with Gasteiger partial charge in [0, 0.05) is 25.9 Å². The molecule has 0 unspecified atom stereocenters. The summed E-state index contributed by atoms with van der Waals surface area (Å²) in [5, 5.41) is 4.86. The molecular formula is C18H28N2O. The van der Waals surface area contributed by atoms with Crippen LogP contribution in [-0.4, -0.2) is 24.3 Å². The van der Waals surface area contributed by atoms with E-state index in [1.54, 1.807) is 0 Å². The number of nitrogens with one attached hydrogen (secondary N) is 1. The fraction of sp³-hybridized carbons (Fsp3) is 0.556. The molecule has 1 aromatic carbocycles. The van der Waals surface area contributed by atoms with E-state index in [0.29, 0.717) is 5.92 Å². The maximum Gasteiger partial charge on any atom is 0.0645 e. The Morgan fingerprint density at radius 1 is 1.19 bits per heavy atom. The van der Waals surface area contributed by atoms with Gasteiger partial charge in [0.15, 0.2) is 0 Å². The van der Waals surface area contributed by atoms with Gasteiger partial charge in [0.2, 0.25) is 0 Å². The lowest BCUT2D eigenvalue weighted by atomic mass is 10.1. The Morgan fingerprint density at radius 2 is 2.05 bits per heavy atom. The topological polar surface area (TPSA) is 26.2 Å². The Morgan fingerprint density at radius 3 is 2.81 bits per heavy atom. The van der Waals surface area contributed by atoms with Crippen LogP contribution < -0.4 is 5.32 Å². The summed E-state index contributed by atoms with van der Waals surface area (Å²) in [6.07, 6.45) is 3.25. The van der Waals surface area contributed by atoms with Crippen molar-refractivity contribution < 1.29 is 4.74 Å². The quantitative estimate of drug-likeness (QED) is 0.710. The van der Waals surface area contributed by atoms with Crippen LogP contribution in [0.4, 0.5) is 0 Å². The van der Waals surface area contributed by atoms with Crippen molar-refractivity contribution in [3.8, 4) is 0 Å². The summed E-state index contributed by atoms with van der Waals surface area (Å²) < 4.78 is 7.94. The molecule has 0 aliphatic rings. The van der Waals surface area contributed by atoms with Crippen molar-refractivity contribution in [2.24, 2.45) is 5.92 Å². The first kappa shape index (κ1) is 16.1. The van der Waals surface area contributed by atoms with Gasteiger partial charge in [-0.3, -0.25) is 0 Å². The lowest BCUT2D eigenvalue weighted by molar-refractivity contribution is 0.127. The Hall–Kier alpha value is -1.32. The highest BCUT2D eigenvalue weighted by Gasteiger charge is 2.06. The Bertz CT molecular complexity index is 545. The van der Waals surface area contributed by atoms with E-state index < -0.39 is 0 Å². The number of benzene rings is 1. The molecular weight excluding hydrogens is 260 g/mol. The van der Waals surface area contributed by atoms with Gasteiger partial charge in [0.25, 0.3) is 0 Å². The first-order valence-electron chi connectivity index (χ1n) is 8.07. The maximum absolute atomic E-state index is 5.62. The van der Waals surface area contributed by atoms with Gasteiger partial charge >= 0.3 is 0 Å². The van der Waals surface area contributed by atoms with E-state index in [2.05, 4.69) is 61.1 Å². The zero-order chi connectivity index (χ0) is 15.1. The van der Waals surface area contributed by atoms with Crippen LogP contribution in [0.5, 0.6) is 0 Å². The molecule has 0 aliphatic heterocycles. The SMILES string of the molecule is CCCOCCn1ccc2cccc(CNCC(C)C)c21. The van der Waals surface area contributed by atoms with E-state index in [9.17, 15) is 0 Å². The Labute approximate surface area is 128 Å². The molecule has 0 radical (unpaired) electrons. The highest BCUT2D eigenvalue weighted by Crippen LogP contribution is 2.20. The summed E-state index contributed by atoms with van der Waals surface area (Å²) >= 11 is 0. The summed E-state index contributed by atoms with van der Waals surface area (Å²) in [5.74, 6) is 0.679. The Balaban J connectivity index is 2.07. The smallest absolute Gasteiger partial charge is 0.0645 e. The van der Waals surface area contributed by atoms with E-state index in [0.717, 1.165) is 39.3 Å². The van der Waals surface area contributed by atoms with Crippen LogP contribution in [0.25, 0.3) is 10.9 Å². The molecule has 0 fully saturated rings. The average Bonchev–Trinajstić information content (AvgIpc) is 2.87. The van der Waals surface area contributed by atoms with Crippen molar-refractivity contribution in [1.82, 2.24) is 9.88 Å². The molecule has 2 rings (SSSR count). The monoisotopic (exact) mass is 288 g/mol. The van der Waals surface area contributed by atoms with Crippen LogP contribution in [0.1, 0.15) is 32.8 Å². The number of fused-ring (bicyclic) bond motifs is 1. The minimum Gasteiger partial charge on any atom is -0.380 e. The van der Waals surface area contributed by atoms with Crippen LogP contribution >= 0.6 is 0 Å². The molecule has 0 aliphatic carbocycles. The van der Waals surface area contributed by atoms with Crippen molar-refractivity contribution in [3.05, 3.63) is 36.0 Å². The normalized spacial score (nSPS) is 11.6. The summed E-state index contributed by atoms with van der Waals surface area (Å²) in [4.78, 5) is 0. The lowest BCUT2D eigenvalue weighted by Gasteiger charge is -2.12. The molecule has 0 saturated heterocycles. The van der Waals surface area contributed by atoms with Crippen LogP contribution in [0.15, 0.2) is 30.5 Å². The summed E-state index contributed by atoms with van der Waals surface area (Å²) in [5.41, 5.74) is 2.71. The van der Waals surface area contributed by atoms with Gasteiger partial charge in [-0.25, -0.2) is 0 Å². The van der Waals surface area contributed by atoms with E-state index in [1.807, 2.05) is 0 Å².